The number of furan rings is 1. The predicted octanol–water partition coefficient (Wildman–Crippen LogP) is 4.60. The van der Waals surface area contributed by atoms with E-state index in [1.54, 1.807) is 11.8 Å². The van der Waals surface area contributed by atoms with Crippen LogP contribution >= 0.6 is 23.4 Å². The number of hydrogen-bond acceptors (Lipinski definition) is 3. The molecule has 2 rings (SSSR count). The number of thioether (sulfide) groups is 1. The summed E-state index contributed by atoms with van der Waals surface area (Å²) in [5.41, 5.74) is 0. The van der Waals surface area contributed by atoms with Crippen molar-refractivity contribution in [3.05, 3.63) is 52.9 Å². The molecule has 1 atom stereocenters. The van der Waals surface area contributed by atoms with E-state index in [1.807, 2.05) is 50.2 Å². The van der Waals surface area contributed by atoms with Gasteiger partial charge in [-0.1, -0.05) is 11.6 Å². The molecule has 0 aliphatic rings. The van der Waals surface area contributed by atoms with Gasteiger partial charge < -0.3 is 9.73 Å². The van der Waals surface area contributed by atoms with Gasteiger partial charge in [0.05, 0.1) is 6.04 Å². The molecule has 2 aromatic rings. The van der Waals surface area contributed by atoms with Crippen LogP contribution in [0.5, 0.6) is 0 Å². The normalized spacial score (nSPS) is 12.1. The van der Waals surface area contributed by atoms with Crippen molar-refractivity contribution in [2.24, 2.45) is 0 Å². The first kappa shape index (κ1) is 16.0. The molecular formula is C16H18ClNO2S. The first-order chi connectivity index (χ1) is 10.0. The summed E-state index contributed by atoms with van der Waals surface area (Å²) in [6, 6.07) is 11.3. The molecule has 0 saturated carbocycles. The standard InChI is InChI=1S/C16H18ClNO2S/c1-11-3-8-15(20-11)12(2)18-16(19)9-10-21-14-6-4-13(17)5-7-14/h3-8,12H,9-10H2,1-2H3,(H,18,19). The van der Waals surface area contributed by atoms with Crippen molar-refractivity contribution >= 4 is 29.3 Å². The van der Waals surface area contributed by atoms with Crippen LogP contribution < -0.4 is 5.32 Å². The highest BCUT2D eigenvalue weighted by Crippen LogP contribution is 2.21. The van der Waals surface area contributed by atoms with Crippen LogP contribution in [0.3, 0.4) is 0 Å². The van der Waals surface area contributed by atoms with Gasteiger partial charge in [0.1, 0.15) is 11.5 Å². The van der Waals surface area contributed by atoms with E-state index in [0.717, 1.165) is 27.2 Å². The molecule has 0 fully saturated rings. The van der Waals surface area contributed by atoms with Crippen molar-refractivity contribution < 1.29 is 9.21 Å². The Morgan fingerprint density at radius 2 is 2.00 bits per heavy atom. The van der Waals surface area contributed by atoms with Gasteiger partial charge in [-0.25, -0.2) is 0 Å². The zero-order valence-electron chi connectivity index (χ0n) is 12.1. The fraction of sp³-hybridized carbons (Fsp3) is 0.312. The zero-order chi connectivity index (χ0) is 15.2. The molecule has 3 nitrogen and oxygen atoms in total. The monoisotopic (exact) mass is 323 g/mol. The highest BCUT2D eigenvalue weighted by molar-refractivity contribution is 7.99. The van der Waals surface area contributed by atoms with Gasteiger partial charge in [-0.15, -0.1) is 11.8 Å². The third-order valence-corrected chi connectivity index (χ3v) is 4.24. The van der Waals surface area contributed by atoms with Crippen molar-refractivity contribution in [1.29, 1.82) is 0 Å². The number of halogens is 1. The molecule has 1 unspecified atom stereocenters. The van der Waals surface area contributed by atoms with Gasteiger partial charge in [-0.05, 0) is 50.2 Å². The quantitative estimate of drug-likeness (QED) is 0.790. The molecule has 0 radical (unpaired) electrons. The first-order valence-electron chi connectivity index (χ1n) is 6.78. The van der Waals surface area contributed by atoms with Crippen molar-refractivity contribution in [1.82, 2.24) is 5.32 Å². The van der Waals surface area contributed by atoms with E-state index in [2.05, 4.69) is 5.32 Å². The van der Waals surface area contributed by atoms with Gasteiger partial charge in [0, 0.05) is 22.1 Å². The molecule has 1 heterocycles. The number of nitrogens with one attached hydrogen (secondary N) is 1. The smallest absolute Gasteiger partial charge is 0.221 e. The van der Waals surface area contributed by atoms with Crippen LogP contribution in [-0.4, -0.2) is 11.7 Å². The third-order valence-electron chi connectivity index (χ3n) is 2.98. The van der Waals surface area contributed by atoms with Crippen LogP contribution in [0.25, 0.3) is 0 Å². The van der Waals surface area contributed by atoms with E-state index in [4.69, 9.17) is 16.0 Å². The Labute approximate surface area is 134 Å². The highest BCUT2D eigenvalue weighted by atomic mass is 35.5. The minimum Gasteiger partial charge on any atom is -0.464 e. The Morgan fingerprint density at radius 3 is 2.62 bits per heavy atom. The molecule has 1 aromatic carbocycles. The summed E-state index contributed by atoms with van der Waals surface area (Å²) < 4.78 is 5.50. The third kappa shape index (κ3) is 5.14. The van der Waals surface area contributed by atoms with Gasteiger partial charge in [0.2, 0.25) is 5.91 Å². The molecule has 1 amide bonds. The van der Waals surface area contributed by atoms with E-state index >= 15 is 0 Å². The molecule has 1 N–H and O–H groups in total. The number of aryl methyl sites for hydroxylation is 1. The van der Waals surface area contributed by atoms with Gasteiger partial charge in [0.25, 0.3) is 0 Å². The minimum absolute atomic E-state index is 0.0259. The Balaban J connectivity index is 1.73. The zero-order valence-corrected chi connectivity index (χ0v) is 13.6. The van der Waals surface area contributed by atoms with Crippen LogP contribution in [0.15, 0.2) is 45.7 Å². The Kier molecular flexibility index (Phi) is 5.76. The lowest BCUT2D eigenvalue weighted by Gasteiger charge is -2.11. The lowest BCUT2D eigenvalue weighted by Crippen LogP contribution is -2.26. The van der Waals surface area contributed by atoms with Gasteiger partial charge >= 0.3 is 0 Å². The average molecular weight is 324 g/mol. The van der Waals surface area contributed by atoms with Gasteiger partial charge in [-0.3, -0.25) is 4.79 Å². The molecule has 0 spiro atoms. The van der Waals surface area contributed by atoms with Crippen molar-refractivity contribution in [2.45, 2.75) is 31.2 Å². The van der Waals surface area contributed by atoms with Crippen LogP contribution in [0.4, 0.5) is 0 Å². The molecule has 0 aliphatic heterocycles. The maximum atomic E-state index is 11.9. The molecule has 0 aliphatic carbocycles. The van der Waals surface area contributed by atoms with E-state index in [1.165, 1.54) is 0 Å². The first-order valence-corrected chi connectivity index (χ1v) is 8.15. The second-order valence-electron chi connectivity index (χ2n) is 4.79. The SMILES string of the molecule is Cc1ccc(C(C)NC(=O)CCSc2ccc(Cl)cc2)o1. The molecule has 0 bridgehead atoms. The van der Waals surface area contributed by atoms with E-state index < -0.39 is 0 Å². The minimum atomic E-state index is -0.105. The van der Waals surface area contributed by atoms with Crippen molar-refractivity contribution in [3.63, 3.8) is 0 Å². The summed E-state index contributed by atoms with van der Waals surface area (Å²) in [6.45, 7) is 3.81. The molecule has 5 heteroatoms. The second kappa shape index (κ2) is 7.57. The van der Waals surface area contributed by atoms with E-state index in [0.29, 0.717) is 6.42 Å². The van der Waals surface area contributed by atoms with Crippen molar-refractivity contribution in [2.75, 3.05) is 5.75 Å². The van der Waals surface area contributed by atoms with Crippen LogP contribution in [0.2, 0.25) is 5.02 Å². The molecule has 21 heavy (non-hydrogen) atoms. The fourth-order valence-corrected chi connectivity index (χ4v) is 2.84. The number of hydrogen-bond donors (Lipinski definition) is 1. The number of carbonyl (C=O) groups is 1. The Hall–Kier alpha value is -1.39. The van der Waals surface area contributed by atoms with E-state index in [9.17, 15) is 4.79 Å². The Morgan fingerprint density at radius 1 is 1.29 bits per heavy atom. The highest BCUT2D eigenvalue weighted by Gasteiger charge is 2.12. The molecule has 0 saturated heterocycles. The number of amides is 1. The summed E-state index contributed by atoms with van der Waals surface area (Å²) in [5, 5.41) is 3.66. The maximum absolute atomic E-state index is 11.9. The summed E-state index contributed by atoms with van der Waals surface area (Å²) in [5.74, 6) is 2.39. The summed E-state index contributed by atoms with van der Waals surface area (Å²) >= 11 is 7.47. The summed E-state index contributed by atoms with van der Waals surface area (Å²) in [6.07, 6.45) is 0.470. The molecule has 112 valence electrons. The summed E-state index contributed by atoms with van der Waals surface area (Å²) in [7, 11) is 0. The van der Waals surface area contributed by atoms with Crippen LogP contribution in [0.1, 0.15) is 30.9 Å². The second-order valence-corrected chi connectivity index (χ2v) is 6.39. The van der Waals surface area contributed by atoms with E-state index in [-0.39, 0.29) is 11.9 Å². The summed E-state index contributed by atoms with van der Waals surface area (Å²) in [4.78, 5) is 13.0. The van der Waals surface area contributed by atoms with Gasteiger partial charge in [-0.2, -0.15) is 0 Å². The number of rotatable bonds is 6. The van der Waals surface area contributed by atoms with Crippen molar-refractivity contribution in [3.8, 4) is 0 Å². The van der Waals surface area contributed by atoms with Crippen LogP contribution in [0, 0.1) is 6.92 Å². The largest absolute Gasteiger partial charge is 0.464 e. The molecular weight excluding hydrogens is 306 g/mol. The molecule has 1 aromatic heterocycles. The topological polar surface area (TPSA) is 42.2 Å². The lowest BCUT2D eigenvalue weighted by atomic mass is 10.2. The fourth-order valence-electron chi connectivity index (χ4n) is 1.86. The number of carbonyl (C=O) groups excluding carboxylic acids is 1. The average Bonchev–Trinajstić information content (AvgIpc) is 2.88. The van der Waals surface area contributed by atoms with Gasteiger partial charge in [0.15, 0.2) is 0 Å². The lowest BCUT2D eigenvalue weighted by molar-refractivity contribution is -0.121. The Bertz CT molecular complexity index is 595. The maximum Gasteiger partial charge on any atom is 0.221 e. The predicted molar refractivity (Wildman–Crippen MR) is 86.8 cm³/mol. The van der Waals surface area contributed by atoms with Crippen LogP contribution in [-0.2, 0) is 4.79 Å². The number of benzene rings is 1.